The van der Waals surface area contributed by atoms with Crippen LogP contribution in [0.15, 0.2) is 45.5 Å². The third-order valence-corrected chi connectivity index (χ3v) is 5.54. The maximum atomic E-state index is 12.8. The first kappa shape index (κ1) is 21.7. The zero-order valence-corrected chi connectivity index (χ0v) is 19.2. The molecule has 4 aromatic rings. The standard InChI is InChI=1S/C16H14IN11O3S/c1-27-8-19-23-16(27)32-7-11-12(21-26-28(11)14-13(20-17)24-31-25-14)15(30)22-18-6-9-3-2-4-10(29)5-9/h2-6,8,29H,7H2,1H3,(H,20,24)(H,22,30)/p-1/b18-6+. The largest absolute Gasteiger partial charge is 0.872 e. The summed E-state index contributed by atoms with van der Waals surface area (Å²) in [6.07, 6.45) is 2.92. The summed E-state index contributed by atoms with van der Waals surface area (Å²) >= 11 is 3.20. The topological polar surface area (TPSA) is 177 Å². The van der Waals surface area contributed by atoms with E-state index in [2.05, 4.69) is 44.9 Å². The SMILES string of the molecule is Cn1cnnc1SCc1c(C(=O)N/N=C/c2cccc([O-])c2)nnn1-c1nonc1NI. The number of carbonyl (C=O) groups excluding carboxylic acids is 1. The first-order chi connectivity index (χ1) is 15.6. The molecule has 0 saturated heterocycles. The fourth-order valence-corrected chi connectivity index (χ4v) is 3.73. The number of halogens is 1. The summed E-state index contributed by atoms with van der Waals surface area (Å²) in [5, 5.41) is 39.4. The molecule has 3 heterocycles. The highest BCUT2D eigenvalue weighted by Gasteiger charge is 2.25. The van der Waals surface area contributed by atoms with Crippen molar-refractivity contribution in [2.24, 2.45) is 12.1 Å². The van der Waals surface area contributed by atoms with Crippen LogP contribution in [0.1, 0.15) is 21.7 Å². The van der Waals surface area contributed by atoms with E-state index in [1.807, 2.05) is 22.9 Å². The van der Waals surface area contributed by atoms with E-state index in [9.17, 15) is 9.90 Å². The van der Waals surface area contributed by atoms with Gasteiger partial charge >= 0.3 is 0 Å². The Labute approximate surface area is 197 Å². The second-order valence-electron chi connectivity index (χ2n) is 6.11. The molecule has 0 fully saturated rings. The minimum Gasteiger partial charge on any atom is -0.872 e. The number of benzene rings is 1. The van der Waals surface area contributed by atoms with Gasteiger partial charge in [-0.3, -0.25) is 4.79 Å². The number of anilines is 1. The molecular formula is C16H13IN11O3S-. The highest BCUT2D eigenvalue weighted by molar-refractivity contribution is 14.1. The van der Waals surface area contributed by atoms with Crippen LogP contribution in [0.5, 0.6) is 5.75 Å². The van der Waals surface area contributed by atoms with Gasteiger partial charge in [-0.2, -0.15) is 9.78 Å². The Kier molecular flexibility index (Phi) is 6.59. The number of hydrazone groups is 1. The third-order valence-electron chi connectivity index (χ3n) is 3.99. The summed E-state index contributed by atoms with van der Waals surface area (Å²) in [4.78, 5) is 12.8. The van der Waals surface area contributed by atoms with Crippen LogP contribution in [0.25, 0.3) is 5.82 Å². The van der Waals surface area contributed by atoms with E-state index in [1.54, 1.807) is 30.1 Å². The van der Waals surface area contributed by atoms with Gasteiger partial charge in [-0.1, -0.05) is 41.2 Å². The summed E-state index contributed by atoms with van der Waals surface area (Å²) in [5.41, 5.74) is 3.38. The average molecular weight is 566 g/mol. The van der Waals surface area contributed by atoms with Gasteiger partial charge in [-0.15, -0.1) is 21.0 Å². The fraction of sp³-hybridized carbons (Fsp3) is 0.125. The molecule has 0 radical (unpaired) electrons. The van der Waals surface area contributed by atoms with Gasteiger partial charge in [0.1, 0.15) is 6.33 Å². The lowest BCUT2D eigenvalue weighted by atomic mass is 10.2. The molecule has 164 valence electrons. The zero-order valence-electron chi connectivity index (χ0n) is 16.2. The van der Waals surface area contributed by atoms with Crippen LogP contribution in [0.3, 0.4) is 0 Å². The van der Waals surface area contributed by atoms with E-state index >= 15 is 0 Å². The molecule has 1 amide bonds. The second-order valence-corrected chi connectivity index (χ2v) is 7.59. The molecule has 3 aromatic heterocycles. The second kappa shape index (κ2) is 9.73. The molecule has 1 aromatic carbocycles. The smallest absolute Gasteiger partial charge is 0.293 e. The molecule has 0 atom stereocenters. The number of carbonyl (C=O) groups is 1. The van der Waals surface area contributed by atoms with Gasteiger partial charge in [0, 0.05) is 12.8 Å². The maximum Gasteiger partial charge on any atom is 0.293 e. The van der Waals surface area contributed by atoms with Crippen molar-refractivity contribution in [3.05, 3.63) is 47.5 Å². The molecule has 0 bridgehead atoms. The Hall–Kier alpha value is -3.54. The zero-order chi connectivity index (χ0) is 22.5. The lowest BCUT2D eigenvalue weighted by Crippen LogP contribution is -2.20. The van der Waals surface area contributed by atoms with E-state index in [0.717, 1.165) is 0 Å². The Bertz CT molecular complexity index is 1270. The van der Waals surface area contributed by atoms with Crippen molar-refractivity contribution in [1.29, 1.82) is 0 Å². The summed E-state index contributed by atoms with van der Waals surface area (Å²) in [6.45, 7) is 0. The molecule has 14 nitrogen and oxygen atoms in total. The Morgan fingerprint density at radius 1 is 1.38 bits per heavy atom. The first-order valence-corrected chi connectivity index (χ1v) is 10.8. The van der Waals surface area contributed by atoms with Gasteiger partial charge in [0.25, 0.3) is 5.91 Å². The summed E-state index contributed by atoms with van der Waals surface area (Å²) in [7, 11) is 1.80. The molecule has 0 unspecified atom stereocenters. The summed E-state index contributed by atoms with van der Waals surface area (Å²) in [5.74, 6) is 0.0442. The van der Waals surface area contributed by atoms with Crippen LogP contribution in [0, 0.1) is 0 Å². The summed E-state index contributed by atoms with van der Waals surface area (Å²) < 4.78 is 10.7. The van der Waals surface area contributed by atoms with E-state index in [1.165, 1.54) is 34.8 Å². The monoisotopic (exact) mass is 566 g/mol. The number of hydrogen-bond donors (Lipinski definition) is 2. The van der Waals surface area contributed by atoms with Gasteiger partial charge in [0.15, 0.2) is 10.9 Å². The molecule has 0 spiro atoms. The molecular weight excluding hydrogens is 553 g/mol. The van der Waals surface area contributed by atoms with Crippen molar-refractivity contribution in [3.63, 3.8) is 0 Å². The number of amides is 1. The van der Waals surface area contributed by atoms with Crippen molar-refractivity contribution >= 4 is 52.6 Å². The predicted molar refractivity (Wildman–Crippen MR) is 118 cm³/mol. The number of nitrogens with one attached hydrogen (secondary N) is 2. The van der Waals surface area contributed by atoms with Crippen LogP contribution in [-0.2, 0) is 12.8 Å². The molecule has 0 aliphatic rings. The van der Waals surface area contributed by atoms with Crippen molar-refractivity contribution in [1.82, 2.24) is 45.5 Å². The lowest BCUT2D eigenvalue weighted by molar-refractivity contribution is -0.268. The van der Waals surface area contributed by atoms with E-state index in [4.69, 9.17) is 4.63 Å². The molecule has 4 rings (SSSR count). The van der Waals surface area contributed by atoms with E-state index in [-0.39, 0.29) is 23.0 Å². The van der Waals surface area contributed by atoms with Crippen LogP contribution >= 0.6 is 34.6 Å². The summed E-state index contributed by atoms with van der Waals surface area (Å²) in [6, 6.07) is 6.11. The average Bonchev–Trinajstić information content (AvgIpc) is 3.51. The number of nitrogens with zero attached hydrogens (tertiary/aromatic N) is 9. The number of rotatable bonds is 8. The van der Waals surface area contributed by atoms with Crippen LogP contribution in [-0.4, -0.2) is 52.2 Å². The quantitative estimate of drug-likeness (QED) is 0.101. The van der Waals surface area contributed by atoms with Gasteiger partial charge < -0.3 is 13.2 Å². The highest BCUT2D eigenvalue weighted by atomic mass is 127. The van der Waals surface area contributed by atoms with Gasteiger partial charge in [0.2, 0.25) is 11.6 Å². The normalized spacial score (nSPS) is 11.2. The molecule has 0 aliphatic carbocycles. The van der Waals surface area contributed by atoms with Crippen molar-refractivity contribution in [3.8, 4) is 11.6 Å². The molecule has 32 heavy (non-hydrogen) atoms. The number of aryl methyl sites for hydroxylation is 1. The van der Waals surface area contributed by atoms with Crippen molar-refractivity contribution < 1.29 is 14.5 Å². The van der Waals surface area contributed by atoms with Gasteiger partial charge in [-0.05, 0) is 15.9 Å². The third kappa shape index (κ3) is 4.69. The lowest BCUT2D eigenvalue weighted by Gasteiger charge is -2.06. The van der Waals surface area contributed by atoms with Crippen LogP contribution in [0.2, 0.25) is 0 Å². The first-order valence-electron chi connectivity index (χ1n) is 8.78. The number of aromatic nitrogens is 8. The number of thioether (sulfide) groups is 1. The minimum absolute atomic E-state index is 0.0248. The number of hydrogen-bond acceptors (Lipinski definition) is 12. The van der Waals surface area contributed by atoms with Crippen molar-refractivity contribution in [2.45, 2.75) is 10.9 Å². The molecule has 2 N–H and O–H groups in total. The van der Waals surface area contributed by atoms with Crippen LogP contribution < -0.4 is 14.1 Å². The Balaban J connectivity index is 1.60. The van der Waals surface area contributed by atoms with Gasteiger partial charge in [0.05, 0.1) is 34.8 Å². The minimum atomic E-state index is -0.597. The molecule has 0 saturated carbocycles. The van der Waals surface area contributed by atoms with Crippen molar-refractivity contribution in [2.75, 3.05) is 3.53 Å². The molecule has 0 aliphatic heterocycles. The molecule has 16 heteroatoms. The van der Waals surface area contributed by atoms with Gasteiger partial charge in [-0.25, -0.2) is 10.1 Å². The highest BCUT2D eigenvalue weighted by Crippen LogP contribution is 2.25. The van der Waals surface area contributed by atoms with E-state index < -0.39 is 5.91 Å². The van der Waals surface area contributed by atoms with Crippen LogP contribution in [0.4, 0.5) is 5.82 Å². The Morgan fingerprint density at radius 3 is 3.00 bits per heavy atom. The fourth-order valence-electron chi connectivity index (χ4n) is 2.51. The maximum absolute atomic E-state index is 12.8. The Morgan fingerprint density at radius 2 is 2.25 bits per heavy atom. The predicted octanol–water partition coefficient (Wildman–Crippen LogP) is 0.670. The van der Waals surface area contributed by atoms with E-state index in [0.29, 0.717) is 22.2 Å².